The van der Waals surface area contributed by atoms with Crippen molar-refractivity contribution in [2.24, 2.45) is 22.4 Å². The maximum absolute atomic E-state index is 15.2. The van der Waals surface area contributed by atoms with E-state index in [1.54, 1.807) is 19.1 Å². The minimum absolute atomic E-state index is 0.0591. The second-order valence-corrected chi connectivity index (χ2v) is 25.6. The summed E-state index contributed by atoms with van der Waals surface area (Å²) in [6, 6.07) is 24.8. The zero-order valence-electron chi connectivity index (χ0n) is 56.1. The number of carbonyl (C=O) groups excluding carboxylic acids is 10. The average Bonchev–Trinajstić information content (AvgIpc) is 1.79. The van der Waals surface area contributed by atoms with Crippen molar-refractivity contribution in [2.75, 3.05) is 32.8 Å². The summed E-state index contributed by atoms with van der Waals surface area (Å²) in [7, 11) is 0. The van der Waals surface area contributed by atoms with Crippen LogP contribution in [-0.2, 0) is 73.6 Å². The van der Waals surface area contributed by atoms with Crippen molar-refractivity contribution in [1.29, 1.82) is 0 Å². The Morgan fingerprint density at radius 3 is 1.42 bits per heavy atom. The summed E-state index contributed by atoms with van der Waals surface area (Å²) in [5.74, 6) is -8.22. The Morgan fingerprint density at radius 1 is 0.525 bits per heavy atom. The Labute approximate surface area is 574 Å². The van der Waals surface area contributed by atoms with Crippen LogP contribution in [0, 0.1) is 11.7 Å². The fourth-order valence-corrected chi connectivity index (χ4v) is 12.5. The number of likely N-dealkylation sites (N-methyl/N-ethyl adjacent to an activating group) is 1. The highest BCUT2D eigenvalue weighted by Gasteiger charge is 2.40. The number of nitrogens with one attached hydrogen (secondary N) is 8. The first-order valence-corrected chi connectivity index (χ1v) is 33.6. The standard InChI is InChI=1S/C73H90FN13O12/c1-5-77-70(97)62-18-12-34-87(62)72(99)55(17-10-32-78-73(75)76)79-64(91)56(35-43(2)3)80-67(94)59(40-47-20-26-49-13-6-8-15-51(49)36-47)81-65(92)57(39-46-24-30-54(90)31-25-46)83-69(96)61(42-88)85-68(95)60(41-48-21-27-50-14-7-9-16-52(50)37-48)82-66(93)58(38-45-22-28-53(74)29-23-45)84-71(98)63-19-11-33-86(63)44(4)89/h6-9,13-16,20-31,36-37,43,55-63,88,90H,5,10-12,17-19,32-35,38-42H2,1-4H3,(H,77,97)(H,79,91)(H,80,94)(H,81,92)(H,82,93)(H,83,96)(H,84,98)(H,85,95)(H4,75,76,78)/t55-,56-,57-,58+,59+,60+,61-,62-,63-/m0/s1. The molecule has 6 aromatic carbocycles. The molecule has 10 amide bonds. The number of rotatable bonds is 32. The van der Waals surface area contributed by atoms with Crippen molar-refractivity contribution >= 4 is 86.6 Å². The maximum atomic E-state index is 15.2. The lowest BCUT2D eigenvalue weighted by molar-refractivity contribution is -0.142. The highest BCUT2D eigenvalue weighted by molar-refractivity contribution is 5.99. The number of guanidine groups is 1. The van der Waals surface area contributed by atoms with E-state index in [-0.39, 0.29) is 87.5 Å². The van der Waals surface area contributed by atoms with Gasteiger partial charge >= 0.3 is 0 Å². The van der Waals surface area contributed by atoms with E-state index in [0.717, 1.165) is 21.5 Å². The first kappa shape index (κ1) is 74.3. The van der Waals surface area contributed by atoms with Crippen LogP contribution in [0.5, 0.6) is 5.75 Å². The zero-order valence-corrected chi connectivity index (χ0v) is 56.1. The minimum atomic E-state index is -1.81. The first-order valence-electron chi connectivity index (χ1n) is 33.6. The SMILES string of the molecule is CCNC(=O)[C@@H]1CCCN1C(=O)[C@H](CCCN=C(N)N)NC(=O)[C@H](CC(C)C)NC(=O)[C@@H](Cc1ccc2ccccc2c1)NC(=O)[C@H](Cc1ccc(O)cc1)NC(=O)[C@H](CO)NC(=O)[C@@H](Cc1ccc2ccccc2c1)NC(=O)[C@@H](Cc1ccc(F)cc1)NC(=O)[C@@H]1CCCN1C(C)=O. The smallest absolute Gasteiger partial charge is 0.245 e. The van der Waals surface area contributed by atoms with Gasteiger partial charge in [-0.25, -0.2) is 4.39 Å². The van der Waals surface area contributed by atoms with Crippen LogP contribution in [-0.4, -0.2) is 172 Å². The summed E-state index contributed by atoms with van der Waals surface area (Å²) in [6.45, 7) is 6.77. The molecule has 2 heterocycles. The topological polar surface area (TPSA) is 378 Å². The molecule has 14 N–H and O–H groups in total. The van der Waals surface area contributed by atoms with Gasteiger partial charge in [-0.05, 0) is 126 Å². The Balaban J connectivity index is 1.07. The molecule has 2 aliphatic heterocycles. The molecule has 2 aliphatic rings. The monoisotopic (exact) mass is 1360 g/mol. The molecule has 2 fully saturated rings. The molecule has 6 aromatic rings. The fraction of sp³-hybridized carbons (Fsp3) is 0.411. The lowest BCUT2D eigenvalue weighted by atomic mass is 9.98. The summed E-state index contributed by atoms with van der Waals surface area (Å²) in [6.07, 6.45) is 1.39. The predicted octanol–water partition coefficient (Wildman–Crippen LogP) is 2.73. The molecule has 8 rings (SSSR count). The van der Waals surface area contributed by atoms with Gasteiger partial charge in [-0.2, -0.15) is 0 Å². The summed E-state index contributed by atoms with van der Waals surface area (Å²) in [4.78, 5) is 150. The lowest BCUT2D eigenvalue weighted by Gasteiger charge is -2.30. The number of likely N-dealkylation sites (tertiary alicyclic amines) is 2. The summed E-state index contributed by atoms with van der Waals surface area (Å²) in [5.41, 5.74) is 13.2. The molecule has 0 spiro atoms. The van der Waals surface area contributed by atoms with Crippen molar-refractivity contribution in [3.63, 3.8) is 0 Å². The number of carbonyl (C=O) groups is 10. The summed E-state index contributed by atoms with van der Waals surface area (Å²) in [5, 5.41) is 46.7. The second kappa shape index (κ2) is 35.7. The molecule has 0 saturated carbocycles. The van der Waals surface area contributed by atoms with Gasteiger partial charge in [-0.3, -0.25) is 52.9 Å². The van der Waals surface area contributed by atoms with Crippen molar-refractivity contribution in [3.05, 3.63) is 162 Å². The van der Waals surface area contributed by atoms with Crippen LogP contribution < -0.4 is 54.0 Å². The molecule has 99 heavy (non-hydrogen) atoms. The first-order chi connectivity index (χ1) is 47.5. The molecular weight excluding hydrogens is 1270 g/mol. The molecule has 0 radical (unpaired) electrons. The number of phenols is 1. The molecule has 9 atom stereocenters. The Bertz CT molecular complexity index is 3890. The Hall–Kier alpha value is -10.5. The molecular formula is C73H90FN13O12. The quantitative estimate of drug-likeness (QED) is 0.0164. The van der Waals surface area contributed by atoms with E-state index < -0.39 is 114 Å². The third-order valence-corrected chi connectivity index (χ3v) is 17.6. The highest BCUT2D eigenvalue weighted by Crippen LogP contribution is 2.24. The van der Waals surface area contributed by atoms with Crippen LogP contribution in [0.3, 0.4) is 0 Å². The number of aliphatic hydroxyl groups is 1. The van der Waals surface area contributed by atoms with Crippen molar-refractivity contribution in [1.82, 2.24) is 52.3 Å². The number of fused-ring (bicyclic) bond motifs is 2. The molecule has 0 bridgehead atoms. The number of aliphatic hydroxyl groups excluding tert-OH is 1. The third kappa shape index (κ3) is 21.2. The number of hydrogen-bond acceptors (Lipinski definition) is 13. The number of nitrogens with zero attached hydrogens (tertiary/aromatic N) is 3. The molecule has 2 saturated heterocycles. The number of aliphatic imine (C=N–C) groups is 1. The summed E-state index contributed by atoms with van der Waals surface area (Å²) >= 11 is 0. The van der Waals surface area contributed by atoms with Crippen molar-refractivity contribution < 1.29 is 62.5 Å². The molecule has 0 aromatic heterocycles. The molecule has 526 valence electrons. The van der Waals surface area contributed by atoms with Gasteiger partial charge < -0.3 is 74.0 Å². The number of halogens is 1. The lowest BCUT2D eigenvalue weighted by Crippen LogP contribution is -2.61. The van der Waals surface area contributed by atoms with Crippen LogP contribution in [0.1, 0.15) is 94.9 Å². The van der Waals surface area contributed by atoms with Crippen molar-refractivity contribution in [2.45, 2.75) is 153 Å². The van der Waals surface area contributed by atoms with Gasteiger partial charge in [0.05, 0.1) is 6.61 Å². The van der Waals surface area contributed by atoms with Crippen LogP contribution in [0.25, 0.3) is 21.5 Å². The Morgan fingerprint density at radius 2 is 0.939 bits per heavy atom. The molecule has 0 unspecified atom stereocenters. The van der Waals surface area contributed by atoms with Gasteiger partial charge in [0.1, 0.15) is 65.9 Å². The molecule has 25 nitrogen and oxygen atoms in total. The van der Waals surface area contributed by atoms with Crippen LogP contribution in [0.2, 0.25) is 0 Å². The van der Waals surface area contributed by atoms with Gasteiger partial charge in [-0.1, -0.05) is 123 Å². The molecule has 0 aliphatic carbocycles. The fourth-order valence-electron chi connectivity index (χ4n) is 12.5. The predicted molar refractivity (Wildman–Crippen MR) is 371 cm³/mol. The van der Waals surface area contributed by atoms with Crippen molar-refractivity contribution in [3.8, 4) is 5.75 Å². The van der Waals surface area contributed by atoms with E-state index in [9.17, 15) is 53.0 Å². The summed E-state index contributed by atoms with van der Waals surface area (Å²) < 4.78 is 14.2. The molecule has 26 heteroatoms. The third-order valence-electron chi connectivity index (χ3n) is 17.6. The second-order valence-electron chi connectivity index (χ2n) is 25.6. The van der Waals surface area contributed by atoms with E-state index in [1.807, 2.05) is 86.6 Å². The number of hydrogen-bond donors (Lipinski definition) is 12. The van der Waals surface area contributed by atoms with Crippen LogP contribution in [0.4, 0.5) is 4.39 Å². The number of amides is 10. The van der Waals surface area contributed by atoms with E-state index in [1.165, 1.54) is 65.3 Å². The van der Waals surface area contributed by atoms with Gasteiger partial charge in [-0.15, -0.1) is 0 Å². The number of benzene rings is 6. The number of nitrogens with two attached hydrogens (primary N) is 2. The largest absolute Gasteiger partial charge is 0.508 e. The van der Waals surface area contributed by atoms with E-state index in [4.69, 9.17) is 11.5 Å². The highest BCUT2D eigenvalue weighted by atomic mass is 19.1. The van der Waals surface area contributed by atoms with Crippen LogP contribution >= 0.6 is 0 Å². The van der Waals surface area contributed by atoms with E-state index >= 15 is 9.59 Å². The van der Waals surface area contributed by atoms with Gasteiger partial charge in [0.25, 0.3) is 0 Å². The Kier molecular flexibility index (Phi) is 26.8. The number of phenolic OH excluding ortho intramolecular Hbond substituents is 1. The van der Waals surface area contributed by atoms with Gasteiger partial charge in [0.2, 0.25) is 59.1 Å². The normalized spacial score (nSPS) is 16.4. The average molecular weight is 1360 g/mol. The van der Waals surface area contributed by atoms with Gasteiger partial charge in [0.15, 0.2) is 5.96 Å². The maximum Gasteiger partial charge on any atom is 0.245 e. The minimum Gasteiger partial charge on any atom is -0.508 e. The van der Waals surface area contributed by atoms with E-state index in [0.29, 0.717) is 61.0 Å². The zero-order chi connectivity index (χ0) is 71.3. The van der Waals surface area contributed by atoms with E-state index in [2.05, 4.69) is 47.5 Å². The number of aromatic hydroxyl groups is 1. The van der Waals surface area contributed by atoms with Crippen LogP contribution in [0.15, 0.2) is 138 Å². The van der Waals surface area contributed by atoms with Gasteiger partial charge in [0, 0.05) is 58.8 Å².